The number of fused-ring (bicyclic) bond motifs is 1. The van der Waals surface area contributed by atoms with Crippen LogP contribution in [0.5, 0.6) is 5.75 Å². The molecule has 1 aromatic heterocycles. The van der Waals surface area contributed by atoms with Crippen molar-refractivity contribution >= 4 is 17.0 Å². The molecule has 0 amide bonds. The van der Waals surface area contributed by atoms with Gasteiger partial charge in [0, 0.05) is 12.6 Å². The second kappa shape index (κ2) is 3.92. The Labute approximate surface area is 99.3 Å². The Kier molecular flexibility index (Phi) is 2.40. The standard InChI is InChI=1S/C12H16N4O/c13-12-15-9-4-1-5-10(17)11(9)16(12)8-3-2-6-14-7-8/h1,4-5,8,14,17H,2-3,6-7H2,(H2,13,15). The van der Waals surface area contributed by atoms with Gasteiger partial charge in [0.05, 0.1) is 5.52 Å². The highest BCUT2D eigenvalue weighted by Crippen LogP contribution is 2.31. The van der Waals surface area contributed by atoms with Gasteiger partial charge in [-0.25, -0.2) is 4.98 Å². The number of phenolic OH excluding ortho intramolecular Hbond substituents is 1. The molecule has 0 bridgehead atoms. The molecule has 5 nitrogen and oxygen atoms in total. The number of nitrogen functional groups attached to an aromatic ring is 1. The van der Waals surface area contributed by atoms with Gasteiger partial charge in [0.25, 0.3) is 0 Å². The largest absolute Gasteiger partial charge is 0.506 e. The van der Waals surface area contributed by atoms with Crippen molar-refractivity contribution in [2.75, 3.05) is 18.8 Å². The van der Waals surface area contributed by atoms with Crippen molar-refractivity contribution in [3.63, 3.8) is 0 Å². The molecule has 4 N–H and O–H groups in total. The molecule has 0 saturated carbocycles. The Morgan fingerprint density at radius 2 is 2.35 bits per heavy atom. The molecule has 1 unspecified atom stereocenters. The van der Waals surface area contributed by atoms with Gasteiger partial charge in [0.2, 0.25) is 5.95 Å². The summed E-state index contributed by atoms with van der Waals surface area (Å²) in [5.41, 5.74) is 7.47. The molecule has 0 radical (unpaired) electrons. The third-order valence-electron chi connectivity index (χ3n) is 3.35. The number of phenols is 1. The highest BCUT2D eigenvalue weighted by atomic mass is 16.3. The quantitative estimate of drug-likeness (QED) is 0.691. The van der Waals surface area contributed by atoms with Crippen LogP contribution in [0.1, 0.15) is 18.9 Å². The number of hydrogen-bond donors (Lipinski definition) is 3. The smallest absolute Gasteiger partial charge is 0.201 e. The molecule has 2 heterocycles. The summed E-state index contributed by atoms with van der Waals surface area (Å²) in [6.45, 7) is 1.93. The van der Waals surface area contributed by atoms with Crippen LogP contribution in [0.2, 0.25) is 0 Å². The van der Waals surface area contributed by atoms with E-state index in [1.165, 1.54) is 0 Å². The molecule has 0 spiro atoms. The van der Waals surface area contributed by atoms with Crippen LogP contribution < -0.4 is 11.1 Å². The minimum Gasteiger partial charge on any atom is -0.506 e. The molecule has 5 heteroatoms. The van der Waals surface area contributed by atoms with Gasteiger partial charge < -0.3 is 20.7 Å². The zero-order valence-electron chi connectivity index (χ0n) is 9.56. The summed E-state index contributed by atoms with van der Waals surface area (Å²) in [6, 6.07) is 5.61. The maximum absolute atomic E-state index is 9.96. The fourth-order valence-corrected chi connectivity index (χ4v) is 2.57. The number of anilines is 1. The monoisotopic (exact) mass is 232 g/mol. The van der Waals surface area contributed by atoms with E-state index in [2.05, 4.69) is 10.3 Å². The number of aromatic hydroxyl groups is 1. The van der Waals surface area contributed by atoms with Crippen molar-refractivity contribution in [2.45, 2.75) is 18.9 Å². The Bertz CT molecular complexity index is 543. The first-order valence-corrected chi connectivity index (χ1v) is 5.93. The molecule has 3 rings (SSSR count). The normalized spacial score (nSPS) is 20.8. The first-order chi connectivity index (χ1) is 8.27. The number of para-hydroxylation sites is 1. The van der Waals surface area contributed by atoms with E-state index in [0.717, 1.165) is 37.0 Å². The fourth-order valence-electron chi connectivity index (χ4n) is 2.57. The first kappa shape index (κ1) is 10.4. The van der Waals surface area contributed by atoms with Gasteiger partial charge in [-0.15, -0.1) is 0 Å². The number of hydrogen-bond acceptors (Lipinski definition) is 4. The maximum Gasteiger partial charge on any atom is 0.201 e. The molecular weight excluding hydrogens is 216 g/mol. The Morgan fingerprint density at radius 1 is 1.47 bits per heavy atom. The van der Waals surface area contributed by atoms with Gasteiger partial charge in [-0.1, -0.05) is 6.07 Å². The Hall–Kier alpha value is -1.75. The summed E-state index contributed by atoms with van der Waals surface area (Å²) in [5, 5.41) is 13.3. The lowest BCUT2D eigenvalue weighted by Crippen LogP contribution is -2.32. The van der Waals surface area contributed by atoms with Crippen molar-refractivity contribution in [3.8, 4) is 5.75 Å². The molecule has 1 saturated heterocycles. The number of benzene rings is 1. The van der Waals surface area contributed by atoms with Gasteiger partial charge in [-0.2, -0.15) is 0 Å². The van der Waals surface area contributed by atoms with E-state index in [-0.39, 0.29) is 11.8 Å². The summed E-state index contributed by atoms with van der Waals surface area (Å²) < 4.78 is 1.96. The molecule has 1 fully saturated rings. The lowest BCUT2D eigenvalue weighted by Gasteiger charge is -2.25. The number of aromatic nitrogens is 2. The Morgan fingerprint density at radius 3 is 3.12 bits per heavy atom. The zero-order valence-corrected chi connectivity index (χ0v) is 9.56. The van der Waals surface area contributed by atoms with E-state index in [1.807, 2.05) is 10.6 Å². The van der Waals surface area contributed by atoms with Crippen LogP contribution >= 0.6 is 0 Å². The van der Waals surface area contributed by atoms with Crippen LogP contribution in [0.3, 0.4) is 0 Å². The van der Waals surface area contributed by atoms with Crippen molar-refractivity contribution in [1.82, 2.24) is 14.9 Å². The number of piperidine rings is 1. The third kappa shape index (κ3) is 1.63. The van der Waals surface area contributed by atoms with Gasteiger partial charge >= 0.3 is 0 Å². The average molecular weight is 232 g/mol. The predicted octanol–water partition coefficient (Wildman–Crippen LogP) is 1.25. The zero-order chi connectivity index (χ0) is 11.8. The third-order valence-corrected chi connectivity index (χ3v) is 3.35. The van der Waals surface area contributed by atoms with E-state index in [9.17, 15) is 5.11 Å². The number of nitrogens with zero attached hydrogens (tertiary/aromatic N) is 2. The minimum atomic E-state index is 0.247. The molecule has 1 aliphatic rings. The second-order valence-electron chi connectivity index (χ2n) is 4.49. The molecule has 1 aromatic carbocycles. The van der Waals surface area contributed by atoms with Crippen LogP contribution in [0, 0.1) is 0 Å². The van der Waals surface area contributed by atoms with Crippen molar-refractivity contribution in [2.24, 2.45) is 0 Å². The molecule has 17 heavy (non-hydrogen) atoms. The highest BCUT2D eigenvalue weighted by Gasteiger charge is 2.21. The Balaban J connectivity index is 2.16. The lowest BCUT2D eigenvalue weighted by molar-refractivity contribution is 0.378. The van der Waals surface area contributed by atoms with E-state index in [0.29, 0.717) is 5.95 Å². The fraction of sp³-hybridized carbons (Fsp3) is 0.417. The van der Waals surface area contributed by atoms with Crippen LogP contribution in [-0.2, 0) is 0 Å². The van der Waals surface area contributed by atoms with E-state index in [1.54, 1.807) is 12.1 Å². The number of nitrogens with two attached hydrogens (primary N) is 1. The summed E-state index contributed by atoms with van der Waals surface area (Å²) >= 11 is 0. The van der Waals surface area contributed by atoms with Gasteiger partial charge in [0.1, 0.15) is 11.3 Å². The maximum atomic E-state index is 9.96. The lowest BCUT2D eigenvalue weighted by atomic mass is 10.1. The molecule has 1 aliphatic heterocycles. The topological polar surface area (TPSA) is 76.1 Å². The van der Waals surface area contributed by atoms with Crippen molar-refractivity contribution < 1.29 is 5.11 Å². The summed E-state index contributed by atoms with van der Waals surface area (Å²) in [4.78, 5) is 4.30. The van der Waals surface area contributed by atoms with Gasteiger partial charge in [-0.3, -0.25) is 0 Å². The molecule has 90 valence electrons. The van der Waals surface area contributed by atoms with Crippen LogP contribution in [0.4, 0.5) is 5.95 Å². The van der Waals surface area contributed by atoms with Crippen LogP contribution in [0.15, 0.2) is 18.2 Å². The molecule has 2 aromatic rings. The summed E-state index contributed by atoms with van der Waals surface area (Å²) in [6.07, 6.45) is 2.19. The summed E-state index contributed by atoms with van der Waals surface area (Å²) in [7, 11) is 0. The average Bonchev–Trinajstić information content (AvgIpc) is 2.68. The van der Waals surface area contributed by atoms with Crippen LogP contribution in [0.25, 0.3) is 11.0 Å². The van der Waals surface area contributed by atoms with Gasteiger partial charge in [-0.05, 0) is 31.5 Å². The molecular formula is C12H16N4O. The highest BCUT2D eigenvalue weighted by molar-refractivity contribution is 5.84. The second-order valence-corrected chi connectivity index (χ2v) is 4.49. The molecule has 0 aliphatic carbocycles. The van der Waals surface area contributed by atoms with E-state index >= 15 is 0 Å². The van der Waals surface area contributed by atoms with Crippen LogP contribution in [-0.4, -0.2) is 27.7 Å². The number of imidazole rings is 1. The SMILES string of the molecule is Nc1nc2cccc(O)c2n1C1CCCNC1. The van der Waals surface area contributed by atoms with E-state index < -0.39 is 0 Å². The van der Waals surface area contributed by atoms with Gasteiger partial charge in [0.15, 0.2) is 0 Å². The minimum absolute atomic E-state index is 0.247. The van der Waals surface area contributed by atoms with E-state index in [4.69, 9.17) is 5.73 Å². The molecule has 1 atom stereocenters. The number of nitrogens with one attached hydrogen (secondary N) is 1. The van der Waals surface area contributed by atoms with Crippen molar-refractivity contribution in [1.29, 1.82) is 0 Å². The van der Waals surface area contributed by atoms with Crippen molar-refractivity contribution in [3.05, 3.63) is 18.2 Å². The summed E-state index contributed by atoms with van der Waals surface area (Å²) in [5.74, 6) is 0.729. The first-order valence-electron chi connectivity index (χ1n) is 5.93. The predicted molar refractivity (Wildman–Crippen MR) is 67.0 cm³/mol. The number of rotatable bonds is 1.